The van der Waals surface area contributed by atoms with E-state index in [1.165, 1.54) is 0 Å². The maximum absolute atomic E-state index is 12.7. The first kappa shape index (κ1) is 19.2. The summed E-state index contributed by atoms with van der Waals surface area (Å²) in [6.07, 6.45) is 2.80. The van der Waals surface area contributed by atoms with Crippen molar-refractivity contribution in [2.45, 2.75) is 64.8 Å². The molecule has 0 spiro atoms. The molecule has 134 valence electrons. The van der Waals surface area contributed by atoms with E-state index in [0.717, 1.165) is 36.1 Å². The summed E-state index contributed by atoms with van der Waals surface area (Å²) in [5.74, 6) is 0. The normalized spacial score (nSPS) is 21.9. The maximum Gasteiger partial charge on any atom is 0.411 e. The Morgan fingerprint density at radius 1 is 1.42 bits per heavy atom. The molecule has 6 heteroatoms. The number of pyridine rings is 1. The summed E-state index contributed by atoms with van der Waals surface area (Å²) in [6, 6.07) is 5.90. The van der Waals surface area contributed by atoms with Gasteiger partial charge in [-0.1, -0.05) is 6.07 Å². The molecule has 0 aliphatic carbocycles. The van der Waals surface area contributed by atoms with Crippen molar-refractivity contribution in [1.82, 2.24) is 14.8 Å². The van der Waals surface area contributed by atoms with Gasteiger partial charge in [0.2, 0.25) is 0 Å². The zero-order chi connectivity index (χ0) is 18.0. The number of piperidine rings is 1. The maximum atomic E-state index is 12.7. The Kier molecular flexibility index (Phi) is 5.91. The fourth-order valence-electron chi connectivity index (χ4n) is 3.06. The molecule has 0 aromatic carbocycles. The molecule has 0 bridgehead atoms. The third-order valence-corrected chi connectivity index (χ3v) is 4.91. The molecule has 1 atom stereocenters. The predicted molar refractivity (Wildman–Crippen MR) is 98.6 cm³/mol. The van der Waals surface area contributed by atoms with Crippen LogP contribution in [0.1, 0.15) is 52.7 Å². The van der Waals surface area contributed by atoms with Crippen molar-refractivity contribution in [2.75, 3.05) is 13.6 Å². The van der Waals surface area contributed by atoms with E-state index in [2.05, 4.69) is 32.7 Å². The van der Waals surface area contributed by atoms with Crippen LogP contribution in [-0.4, -0.2) is 45.7 Å². The zero-order valence-corrected chi connectivity index (χ0v) is 16.9. The van der Waals surface area contributed by atoms with Gasteiger partial charge in [0, 0.05) is 13.1 Å². The molecule has 0 saturated carbocycles. The van der Waals surface area contributed by atoms with Crippen molar-refractivity contribution in [3.05, 3.63) is 28.5 Å². The lowest BCUT2D eigenvalue weighted by atomic mass is 9.95. The van der Waals surface area contributed by atoms with Gasteiger partial charge in [0.1, 0.15) is 10.2 Å². The van der Waals surface area contributed by atoms with Gasteiger partial charge in [-0.05, 0) is 82.1 Å². The highest BCUT2D eigenvalue weighted by Gasteiger charge is 2.42. The van der Waals surface area contributed by atoms with E-state index in [1.807, 2.05) is 50.9 Å². The third-order valence-electron chi connectivity index (χ3n) is 4.47. The molecule has 5 nitrogen and oxygen atoms in total. The molecule has 0 N–H and O–H groups in total. The number of halogens is 1. The lowest BCUT2D eigenvalue weighted by molar-refractivity contribution is -0.0719. The molecule has 2 heterocycles. The van der Waals surface area contributed by atoms with Crippen LogP contribution in [0.2, 0.25) is 0 Å². The number of hydrogen-bond donors (Lipinski definition) is 0. The van der Waals surface area contributed by atoms with Gasteiger partial charge in [0.25, 0.3) is 0 Å². The minimum atomic E-state index is -0.486. The van der Waals surface area contributed by atoms with E-state index in [0.29, 0.717) is 6.54 Å². The highest BCUT2D eigenvalue weighted by Crippen LogP contribution is 2.32. The molecule has 2 rings (SSSR count). The molecule has 1 unspecified atom stereocenters. The molecule has 24 heavy (non-hydrogen) atoms. The Balaban J connectivity index is 2.17. The number of carbonyl (C=O) groups is 1. The summed E-state index contributed by atoms with van der Waals surface area (Å²) in [5, 5.41) is 0. The van der Waals surface area contributed by atoms with Crippen LogP contribution < -0.4 is 0 Å². The number of likely N-dealkylation sites (tertiary alicyclic amines) is 1. The van der Waals surface area contributed by atoms with Crippen LogP contribution in [0.25, 0.3) is 0 Å². The van der Waals surface area contributed by atoms with E-state index >= 15 is 0 Å². The second kappa shape index (κ2) is 7.40. The summed E-state index contributed by atoms with van der Waals surface area (Å²) < 4.78 is 6.45. The topological polar surface area (TPSA) is 45.7 Å². The summed E-state index contributed by atoms with van der Waals surface area (Å²) >= 11 is 3.42. The molecular weight excluding hydrogens is 370 g/mol. The van der Waals surface area contributed by atoms with Gasteiger partial charge in [-0.3, -0.25) is 9.80 Å². The van der Waals surface area contributed by atoms with Gasteiger partial charge in [-0.25, -0.2) is 9.78 Å². The first-order valence-electron chi connectivity index (χ1n) is 8.45. The van der Waals surface area contributed by atoms with Crippen LogP contribution in [0.5, 0.6) is 0 Å². The minimum Gasteiger partial charge on any atom is -0.444 e. The average molecular weight is 398 g/mol. The van der Waals surface area contributed by atoms with Crippen LogP contribution in [-0.2, 0) is 11.3 Å². The Hall–Kier alpha value is -1.14. The Bertz CT molecular complexity index is 588. The fraction of sp³-hybridized carbons (Fsp3) is 0.667. The highest BCUT2D eigenvalue weighted by molar-refractivity contribution is 9.10. The number of aromatic nitrogens is 1. The van der Waals surface area contributed by atoms with E-state index in [4.69, 9.17) is 4.74 Å². The Morgan fingerprint density at radius 2 is 2.12 bits per heavy atom. The van der Waals surface area contributed by atoms with Crippen molar-refractivity contribution in [2.24, 2.45) is 0 Å². The largest absolute Gasteiger partial charge is 0.444 e. The van der Waals surface area contributed by atoms with E-state index < -0.39 is 5.60 Å². The molecule has 1 aliphatic heterocycles. The SMILES string of the molecule is CN(Cc1cccc(Br)n1)C1(C)CCCCN1C(=O)OC(C)(C)C. The lowest BCUT2D eigenvalue weighted by Gasteiger charge is -2.50. The first-order valence-corrected chi connectivity index (χ1v) is 9.24. The highest BCUT2D eigenvalue weighted by atomic mass is 79.9. The molecule has 1 fully saturated rings. The molecule has 0 radical (unpaired) electrons. The fourth-order valence-corrected chi connectivity index (χ4v) is 3.44. The van der Waals surface area contributed by atoms with Crippen molar-refractivity contribution < 1.29 is 9.53 Å². The number of amides is 1. The monoisotopic (exact) mass is 397 g/mol. The first-order chi connectivity index (χ1) is 11.1. The number of nitrogens with zero attached hydrogens (tertiary/aromatic N) is 3. The number of carbonyl (C=O) groups excluding carboxylic acids is 1. The summed E-state index contributed by atoms with van der Waals surface area (Å²) in [6.45, 7) is 9.23. The Morgan fingerprint density at radius 3 is 2.75 bits per heavy atom. The average Bonchev–Trinajstić information content (AvgIpc) is 2.45. The van der Waals surface area contributed by atoms with Gasteiger partial charge in [-0.2, -0.15) is 0 Å². The molecule has 1 aliphatic rings. The van der Waals surface area contributed by atoms with Gasteiger partial charge in [0.15, 0.2) is 0 Å². The molecule has 1 aromatic rings. The smallest absolute Gasteiger partial charge is 0.411 e. The van der Waals surface area contributed by atoms with E-state index in [-0.39, 0.29) is 11.8 Å². The molecule has 1 aromatic heterocycles. The predicted octanol–water partition coefficient (Wildman–Crippen LogP) is 4.41. The van der Waals surface area contributed by atoms with Crippen molar-refractivity contribution >= 4 is 22.0 Å². The summed E-state index contributed by atoms with van der Waals surface area (Å²) in [7, 11) is 2.05. The van der Waals surface area contributed by atoms with Gasteiger partial charge >= 0.3 is 6.09 Å². The Labute approximate surface area is 153 Å². The van der Waals surface area contributed by atoms with Gasteiger partial charge in [-0.15, -0.1) is 0 Å². The lowest BCUT2D eigenvalue weighted by Crippen LogP contribution is -2.61. The zero-order valence-electron chi connectivity index (χ0n) is 15.3. The van der Waals surface area contributed by atoms with Crippen LogP contribution in [0.3, 0.4) is 0 Å². The second-order valence-electron chi connectivity index (χ2n) is 7.61. The van der Waals surface area contributed by atoms with Crippen LogP contribution in [0.15, 0.2) is 22.8 Å². The van der Waals surface area contributed by atoms with E-state index in [1.54, 1.807) is 0 Å². The molecule has 1 amide bonds. The molecule has 1 saturated heterocycles. The number of rotatable bonds is 3. The third kappa shape index (κ3) is 4.70. The molecular formula is C18H28BrN3O2. The van der Waals surface area contributed by atoms with Crippen LogP contribution in [0, 0.1) is 0 Å². The minimum absolute atomic E-state index is 0.237. The van der Waals surface area contributed by atoms with Crippen molar-refractivity contribution in [3.63, 3.8) is 0 Å². The van der Waals surface area contributed by atoms with Gasteiger partial charge < -0.3 is 4.74 Å². The van der Waals surface area contributed by atoms with Crippen LogP contribution >= 0.6 is 15.9 Å². The van der Waals surface area contributed by atoms with Crippen molar-refractivity contribution in [3.8, 4) is 0 Å². The van der Waals surface area contributed by atoms with Crippen molar-refractivity contribution in [1.29, 1.82) is 0 Å². The number of ether oxygens (including phenoxy) is 1. The van der Waals surface area contributed by atoms with Crippen LogP contribution in [0.4, 0.5) is 4.79 Å². The quantitative estimate of drug-likeness (QED) is 0.708. The van der Waals surface area contributed by atoms with E-state index in [9.17, 15) is 4.79 Å². The second-order valence-corrected chi connectivity index (χ2v) is 8.43. The summed E-state index contributed by atoms with van der Waals surface area (Å²) in [4.78, 5) is 21.3. The standard InChI is InChI=1S/C18H28BrN3O2/c1-17(2,3)24-16(23)22-12-7-6-11-18(22,4)21(5)13-14-9-8-10-15(19)20-14/h8-10H,6-7,11-13H2,1-5H3. The number of hydrogen-bond acceptors (Lipinski definition) is 4. The van der Waals surface area contributed by atoms with Gasteiger partial charge in [0.05, 0.1) is 11.4 Å². The summed E-state index contributed by atoms with van der Waals surface area (Å²) in [5.41, 5.74) is 0.118.